The van der Waals surface area contributed by atoms with Gasteiger partial charge in [0.1, 0.15) is 5.75 Å². The Bertz CT molecular complexity index is 624. The number of carbonyl (C=O) groups excluding carboxylic acids is 1. The molecule has 0 heterocycles. The second kappa shape index (κ2) is 8.69. The molecule has 0 spiro atoms. The minimum atomic E-state index is -3.56. The first kappa shape index (κ1) is 19.2. The van der Waals surface area contributed by atoms with Gasteiger partial charge in [0.15, 0.2) is 6.10 Å². The smallest absolute Gasteiger partial charge is 0.260 e. The number of carbonyl (C=O) groups is 1. The van der Waals surface area contributed by atoms with Crippen LogP contribution in [0.3, 0.4) is 0 Å². The maximum Gasteiger partial charge on any atom is 0.260 e. The van der Waals surface area contributed by atoms with Crippen molar-refractivity contribution in [2.45, 2.75) is 31.8 Å². The van der Waals surface area contributed by atoms with Crippen molar-refractivity contribution in [3.8, 4) is 5.75 Å². The quantitative estimate of drug-likeness (QED) is 0.670. The Labute approximate surface area is 138 Å². The molecular formula is C16H24N2O4S. The number of hydrogen-bond donors (Lipinski definition) is 2. The Kier molecular flexibility index (Phi) is 7.25. The first-order chi connectivity index (χ1) is 10.8. The van der Waals surface area contributed by atoms with Crippen LogP contribution in [0.4, 0.5) is 0 Å². The molecule has 0 aromatic heterocycles. The SMILES string of the molecule is C=CCNS(=O)(=O)c1ccc(O[C@@H](C)C(=O)NCC(C)C)cc1. The number of rotatable bonds is 9. The summed E-state index contributed by atoms with van der Waals surface area (Å²) in [5.74, 6) is 0.585. The number of nitrogens with one attached hydrogen (secondary N) is 2. The Morgan fingerprint density at radius 2 is 1.87 bits per heavy atom. The van der Waals surface area contributed by atoms with Gasteiger partial charge in [-0.05, 0) is 37.1 Å². The third-order valence-corrected chi connectivity index (χ3v) is 4.36. The summed E-state index contributed by atoms with van der Waals surface area (Å²) >= 11 is 0. The van der Waals surface area contributed by atoms with E-state index in [-0.39, 0.29) is 17.3 Å². The summed E-state index contributed by atoms with van der Waals surface area (Å²) in [4.78, 5) is 12.0. The highest BCUT2D eigenvalue weighted by Gasteiger charge is 2.16. The van der Waals surface area contributed by atoms with Crippen LogP contribution >= 0.6 is 0 Å². The van der Waals surface area contributed by atoms with Gasteiger partial charge in [-0.25, -0.2) is 13.1 Å². The number of sulfonamides is 1. The van der Waals surface area contributed by atoms with E-state index in [1.807, 2.05) is 13.8 Å². The molecule has 128 valence electrons. The molecule has 1 atom stereocenters. The molecule has 0 bridgehead atoms. The van der Waals surface area contributed by atoms with E-state index in [0.29, 0.717) is 18.2 Å². The fraction of sp³-hybridized carbons (Fsp3) is 0.438. The van der Waals surface area contributed by atoms with Crippen molar-refractivity contribution in [1.82, 2.24) is 10.0 Å². The van der Waals surface area contributed by atoms with Gasteiger partial charge in [0.25, 0.3) is 5.91 Å². The fourth-order valence-corrected chi connectivity index (χ4v) is 2.65. The number of hydrogen-bond acceptors (Lipinski definition) is 4. The van der Waals surface area contributed by atoms with Gasteiger partial charge in [-0.3, -0.25) is 4.79 Å². The number of benzene rings is 1. The monoisotopic (exact) mass is 340 g/mol. The number of ether oxygens (including phenoxy) is 1. The van der Waals surface area contributed by atoms with Crippen molar-refractivity contribution in [3.63, 3.8) is 0 Å². The van der Waals surface area contributed by atoms with Crippen LogP contribution in [-0.2, 0) is 14.8 Å². The van der Waals surface area contributed by atoms with Gasteiger partial charge < -0.3 is 10.1 Å². The van der Waals surface area contributed by atoms with Crippen LogP contribution in [0, 0.1) is 5.92 Å². The highest BCUT2D eigenvalue weighted by atomic mass is 32.2. The molecule has 0 radical (unpaired) electrons. The van der Waals surface area contributed by atoms with Gasteiger partial charge in [-0.2, -0.15) is 0 Å². The van der Waals surface area contributed by atoms with Gasteiger partial charge in [-0.1, -0.05) is 19.9 Å². The Balaban J connectivity index is 2.66. The van der Waals surface area contributed by atoms with Crippen molar-refractivity contribution < 1.29 is 17.9 Å². The Hall–Kier alpha value is -1.86. The molecule has 6 nitrogen and oxygen atoms in total. The number of amides is 1. The molecule has 1 aromatic rings. The Morgan fingerprint density at radius 3 is 2.39 bits per heavy atom. The van der Waals surface area contributed by atoms with Crippen molar-refractivity contribution >= 4 is 15.9 Å². The zero-order chi connectivity index (χ0) is 17.5. The molecule has 23 heavy (non-hydrogen) atoms. The molecule has 0 aliphatic rings. The molecule has 0 saturated heterocycles. The normalized spacial score (nSPS) is 12.7. The lowest BCUT2D eigenvalue weighted by molar-refractivity contribution is -0.127. The van der Waals surface area contributed by atoms with E-state index in [9.17, 15) is 13.2 Å². The van der Waals surface area contributed by atoms with Crippen LogP contribution in [0.1, 0.15) is 20.8 Å². The highest BCUT2D eigenvalue weighted by Crippen LogP contribution is 2.17. The van der Waals surface area contributed by atoms with Gasteiger partial charge in [0, 0.05) is 13.1 Å². The van der Waals surface area contributed by atoms with Crippen LogP contribution in [0.25, 0.3) is 0 Å². The summed E-state index contributed by atoms with van der Waals surface area (Å²) in [6.45, 7) is 9.86. The predicted octanol–water partition coefficient (Wildman–Crippen LogP) is 1.69. The zero-order valence-corrected chi connectivity index (χ0v) is 14.5. The van der Waals surface area contributed by atoms with Gasteiger partial charge in [0.05, 0.1) is 4.90 Å². The van der Waals surface area contributed by atoms with E-state index in [0.717, 1.165) is 0 Å². The molecule has 0 fully saturated rings. The lowest BCUT2D eigenvalue weighted by Crippen LogP contribution is -2.38. The second-order valence-corrected chi connectivity index (χ2v) is 7.28. The minimum Gasteiger partial charge on any atom is -0.481 e. The topological polar surface area (TPSA) is 84.5 Å². The average molecular weight is 340 g/mol. The van der Waals surface area contributed by atoms with E-state index < -0.39 is 16.1 Å². The molecule has 1 amide bonds. The van der Waals surface area contributed by atoms with E-state index in [4.69, 9.17) is 4.74 Å². The highest BCUT2D eigenvalue weighted by molar-refractivity contribution is 7.89. The van der Waals surface area contributed by atoms with E-state index in [2.05, 4.69) is 16.6 Å². The largest absolute Gasteiger partial charge is 0.481 e. The van der Waals surface area contributed by atoms with Crippen molar-refractivity contribution in [2.75, 3.05) is 13.1 Å². The van der Waals surface area contributed by atoms with Crippen LogP contribution in [-0.4, -0.2) is 33.5 Å². The van der Waals surface area contributed by atoms with E-state index in [1.54, 1.807) is 6.92 Å². The van der Waals surface area contributed by atoms with Crippen LogP contribution < -0.4 is 14.8 Å². The lowest BCUT2D eigenvalue weighted by Gasteiger charge is -2.16. The molecule has 0 unspecified atom stereocenters. The fourth-order valence-electron chi connectivity index (χ4n) is 1.66. The molecule has 0 aliphatic carbocycles. The summed E-state index contributed by atoms with van der Waals surface area (Å²) < 4.78 is 31.7. The third-order valence-electron chi connectivity index (χ3n) is 2.92. The molecule has 2 N–H and O–H groups in total. The van der Waals surface area contributed by atoms with Gasteiger partial charge in [0.2, 0.25) is 10.0 Å². The summed E-state index contributed by atoms with van der Waals surface area (Å²) in [5, 5.41) is 2.78. The first-order valence-corrected chi connectivity index (χ1v) is 8.89. The predicted molar refractivity (Wildman–Crippen MR) is 89.8 cm³/mol. The standard InChI is InChI=1S/C16H24N2O4S/c1-5-10-18-23(20,21)15-8-6-14(7-9-15)22-13(4)16(19)17-11-12(2)3/h5-9,12-13,18H,1,10-11H2,2-4H3,(H,17,19)/t13-/m0/s1. The van der Waals surface area contributed by atoms with E-state index in [1.165, 1.54) is 30.3 Å². The molecule has 0 saturated carbocycles. The minimum absolute atomic E-state index is 0.128. The van der Waals surface area contributed by atoms with Crippen molar-refractivity contribution in [3.05, 3.63) is 36.9 Å². The summed E-state index contributed by atoms with van der Waals surface area (Å²) in [5.41, 5.74) is 0. The van der Waals surface area contributed by atoms with Crippen molar-refractivity contribution in [1.29, 1.82) is 0 Å². The summed E-state index contributed by atoms with van der Waals surface area (Å²) in [7, 11) is -3.56. The lowest BCUT2D eigenvalue weighted by atomic mass is 10.2. The van der Waals surface area contributed by atoms with E-state index >= 15 is 0 Å². The summed E-state index contributed by atoms with van der Waals surface area (Å²) in [6.07, 6.45) is 0.807. The summed E-state index contributed by atoms with van der Waals surface area (Å²) in [6, 6.07) is 5.91. The van der Waals surface area contributed by atoms with Crippen LogP contribution in [0.15, 0.2) is 41.8 Å². The maximum absolute atomic E-state index is 11.9. The molecule has 7 heteroatoms. The molecule has 0 aliphatic heterocycles. The van der Waals surface area contributed by atoms with Gasteiger partial charge >= 0.3 is 0 Å². The maximum atomic E-state index is 11.9. The van der Waals surface area contributed by atoms with Crippen molar-refractivity contribution in [2.24, 2.45) is 5.92 Å². The third kappa shape index (κ3) is 6.42. The Morgan fingerprint density at radius 1 is 1.26 bits per heavy atom. The molecule has 1 aromatic carbocycles. The van der Waals surface area contributed by atoms with Crippen LogP contribution in [0.5, 0.6) is 5.75 Å². The second-order valence-electron chi connectivity index (χ2n) is 5.51. The van der Waals surface area contributed by atoms with Crippen LogP contribution in [0.2, 0.25) is 0 Å². The molecular weight excluding hydrogens is 316 g/mol. The first-order valence-electron chi connectivity index (χ1n) is 7.41. The molecule has 1 rings (SSSR count). The average Bonchev–Trinajstić information content (AvgIpc) is 2.51. The zero-order valence-electron chi connectivity index (χ0n) is 13.7. The van der Waals surface area contributed by atoms with Gasteiger partial charge in [-0.15, -0.1) is 6.58 Å².